The van der Waals surface area contributed by atoms with Gasteiger partial charge in [-0.15, -0.1) is 0 Å². The van der Waals surface area contributed by atoms with Gasteiger partial charge in [0.1, 0.15) is 0 Å². The SMILES string of the molecule is O=C(O)c1cccc(Cl)c1-n1cc(Cl)cn1. The van der Waals surface area contributed by atoms with E-state index in [0.29, 0.717) is 15.7 Å². The Labute approximate surface area is 101 Å². The summed E-state index contributed by atoms with van der Waals surface area (Å²) < 4.78 is 1.34. The van der Waals surface area contributed by atoms with E-state index in [4.69, 9.17) is 28.3 Å². The normalized spacial score (nSPS) is 10.4. The summed E-state index contributed by atoms with van der Waals surface area (Å²) in [4.78, 5) is 11.0. The van der Waals surface area contributed by atoms with Crippen molar-refractivity contribution < 1.29 is 9.90 Å². The van der Waals surface area contributed by atoms with Crippen molar-refractivity contribution in [3.8, 4) is 5.69 Å². The fourth-order valence-electron chi connectivity index (χ4n) is 1.34. The highest BCUT2D eigenvalue weighted by Crippen LogP contribution is 2.25. The lowest BCUT2D eigenvalue weighted by atomic mass is 10.2. The number of benzene rings is 1. The molecule has 0 fully saturated rings. The van der Waals surface area contributed by atoms with Crippen LogP contribution in [0, 0.1) is 0 Å². The smallest absolute Gasteiger partial charge is 0.337 e. The quantitative estimate of drug-likeness (QED) is 0.899. The molecule has 0 saturated heterocycles. The first-order chi connectivity index (χ1) is 7.59. The summed E-state index contributed by atoms with van der Waals surface area (Å²) in [5.74, 6) is -1.07. The van der Waals surface area contributed by atoms with Gasteiger partial charge in [-0.2, -0.15) is 5.10 Å². The Morgan fingerprint density at radius 1 is 1.38 bits per heavy atom. The molecular formula is C10H6Cl2N2O2. The molecule has 1 aromatic heterocycles. The second-order valence-corrected chi connectivity index (χ2v) is 3.89. The van der Waals surface area contributed by atoms with E-state index in [1.165, 1.54) is 23.1 Å². The van der Waals surface area contributed by atoms with E-state index < -0.39 is 5.97 Å². The summed E-state index contributed by atoms with van der Waals surface area (Å²) in [7, 11) is 0. The van der Waals surface area contributed by atoms with E-state index in [-0.39, 0.29) is 5.56 Å². The average Bonchev–Trinajstić information content (AvgIpc) is 2.64. The molecule has 0 bridgehead atoms. The summed E-state index contributed by atoms with van der Waals surface area (Å²) in [5.41, 5.74) is 0.385. The number of halogens is 2. The van der Waals surface area contributed by atoms with Crippen molar-refractivity contribution >= 4 is 29.2 Å². The zero-order valence-corrected chi connectivity index (χ0v) is 9.40. The van der Waals surface area contributed by atoms with Crippen molar-refractivity contribution in [3.05, 3.63) is 46.2 Å². The van der Waals surface area contributed by atoms with E-state index in [2.05, 4.69) is 5.10 Å². The Bertz CT molecular complexity index is 552. The van der Waals surface area contributed by atoms with Gasteiger partial charge in [0.05, 0.1) is 27.5 Å². The fraction of sp³-hybridized carbons (Fsp3) is 0. The number of carbonyl (C=O) groups is 1. The van der Waals surface area contributed by atoms with Gasteiger partial charge in [-0.25, -0.2) is 9.48 Å². The lowest BCUT2D eigenvalue weighted by Crippen LogP contribution is -2.06. The Balaban J connectivity index is 2.67. The van der Waals surface area contributed by atoms with Crippen LogP contribution < -0.4 is 0 Å². The number of aromatic carboxylic acids is 1. The van der Waals surface area contributed by atoms with Crippen LogP contribution in [0.5, 0.6) is 0 Å². The third kappa shape index (κ3) is 1.89. The second kappa shape index (κ2) is 4.15. The van der Waals surface area contributed by atoms with E-state index in [0.717, 1.165) is 0 Å². The van der Waals surface area contributed by atoms with Crippen LogP contribution in [0.15, 0.2) is 30.6 Å². The maximum Gasteiger partial charge on any atom is 0.337 e. The molecule has 16 heavy (non-hydrogen) atoms. The number of hydrogen-bond acceptors (Lipinski definition) is 2. The molecule has 0 atom stereocenters. The third-order valence-corrected chi connectivity index (χ3v) is 2.50. The molecule has 6 heteroatoms. The molecule has 0 aliphatic carbocycles. The topological polar surface area (TPSA) is 55.1 Å². The molecule has 0 amide bonds. The number of nitrogens with zero attached hydrogens (tertiary/aromatic N) is 2. The molecule has 1 N–H and O–H groups in total. The fourth-order valence-corrected chi connectivity index (χ4v) is 1.74. The van der Waals surface area contributed by atoms with Crippen LogP contribution in [0.1, 0.15) is 10.4 Å². The molecule has 0 saturated carbocycles. The molecule has 0 aliphatic rings. The van der Waals surface area contributed by atoms with Gasteiger partial charge in [-0.3, -0.25) is 0 Å². The summed E-state index contributed by atoms with van der Waals surface area (Å²) in [6.07, 6.45) is 2.91. The Hall–Kier alpha value is -1.52. The summed E-state index contributed by atoms with van der Waals surface area (Å²) in [6, 6.07) is 4.62. The number of rotatable bonds is 2. The lowest BCUT2D eigenvalue weighted by Gasteiger charge is -2.07. The van der Waals surface area contributed by atoms with Crippen LogP contribution in [0.3, 0.4) is 0 Å². The van der Waals surface area contributed by atoms with Gasteiger partial charge in [0.2, 0.25) is 0 Å². The maximum absolute atomic E-state index is 11.0. The van der Waals surface area contributed by atoms with Crippen LogP contribution in [-0.2, 0) is 0 Å². The van der Waals surface area contributed by atoms with Gasteiger partial charge in [0, 0.05) is 6.20 Å². The van der Waals surface area contributed by atoms with Crippen molar-refractivity contribution in [3.63, 3.8) is 0 Å². The second-order valence-electron chi connectivity index (χ2n) is 3.04. The van der Waals surface area contributed by atoms with Crippen LogP contribution in [0.25, 0.3) is 5.69 Å². The molecule has 0 radical (unpaired) electrons. The summed E-state index contributed by atoms with van der Waals surface area (Å²) in [5, 5.41) is 13.7. The zero-order chi connectivity index (χ0) is 11.7. The first kappa shape index (κ1) is 11.0. The number of para-hydroxylation sites is 1. The first-order valence-corrected chi connectivity index (χ1v) is 5.07. The number of carboxylic acids is 1. The predicted octanol–water partition coefficient (Wildman–Crippen LogP) is 2.88. The highest BCUT2D eigenvalue weighted by atomic mass is 35.5. The molecule has 4 nitrogen and oxygen atoms in total. The molecule has 1 heterocycles. The van der Waals surface area contributed by atoms with E-state index in [1.54, 1.807) is 12.1 Å². The van der Waals surface area contributed by atoms with Crippen molar-refractivity contribution in [2.45, 2.75) is 0 Å². The molecule has 1 aromatic carbocycles. The average molecular weight is 257 g/mol. The summed E-state index contributed by atoms with van der Waals surface area (Å²) in [6.45, 7) is 0. The van der Waals surface area contributed by atoms with Gasteiger partial charge in [-0.05, 0) is 12.1 Å². The molecule has 2 rings (SSSR count). The predicted molar refractivity (Wildman–Crippen MR) is 60.5 cm³/mol. The van der Waals surface area contributed by atoms with E-state index in [9.17, 15) is 4.79 Å². The number of hydrogen-bond donors (Lipinski definition) is 1. The lowest BCUT2D eigenvalue weighted by molar-refractivity contribution is 0.0696. The number of aromatic nitrogens is 2. The monoisotopic (exact) mass is 256 g/mol. The molecule has 0 spiro atoms. The molecule has 2 aromatic rings. The van der Waals surface area contributed by atoms with Gasteiger partial charge >= 0.3 is 5.97 Å². The van der Waals surface area contributed by atoms with Crippen LogP contribution >= 0.6 is 23.2 Å². The van der Waals surface area contributed by atoms with Crippen molar-refractivity contribution in [1.29, 1.82) is 0 Å². The van der Waals surface area contributed by atoms with Crippen LogP contribution in [0.4, 0.5) is 0 Å². The first-order valence-electron chi connectivity index (χ1n) is 4.32. The standard InChI is InChI=1S/C10H6Cl2N2O2/c11-6-4-13-14(5-6)9-7(10(15)16)2-1-3-8(9)12/h1-5H,(H,15,16). The Kier molecular flexibility index (Phi) is 2.85. The van der Waals surface area contributed by atoms with Crippen molar-refractivity contribution in [2.24, 2.45) is 0 Å². The van der Waals surface area contributed by atoms with Crippen molar-refractivity contribution in [1.82, 2.24) is 9.78 Å². The highest BCUT2D eigenvalue weighted by Gasteiger charge is 2.15. The summed E-state index contributed by atoms with van der Waals surface area (Å²) >= 11 is 11.7. The zero-order valence-electron chi connectivity index (χ0n) is 7.89. The van der Waals surface area contributed by atoms with Gasteiger partial charge < -0.3 is 5.11 Å². The van der Waals surface area contributed by atoms with Gasteiger partial charge in [0.25, 0.3) is 0 Å². The Morgan fingerprint density at radius 3 is 2.69 bits per heavy atom. The minimum Gasteiger partial charge on any atom is -0.478 e. The van der Waals surface area contributed by atoms with E-state index in [1.807, 2.05) is 0 Å². The molecule has 82 valence electrons. The maximum atomic E-state index is 11.0. The van der Waals surface area contributed by atoms with Gasteiger partial charge in [-0.1, -0.05) is 29.3 Å². The minimum atomic E-state index is -1.07. The largest absolute Gasteiger partial charge is 0.478 e. The minimum absolute atomic E-state index is 0.0762. The Morgan fingerprint density at radius 2 is 2.12 bits per heavy atom. The van der Waals surface area contributed by atoms with Crippen molar-refractivity contribution in [2.75, 3.05) is 0 Å². The molecule has 0 aliphatic heterocycles. The highest BCUT2D eigenvalue weighted by molar-refractivity contribution is 6.33. The van der Waals surface area contributed by atoms with Gasteiger partial charge in [0.15, 0.2) is 0 Å². The van der Waals surface area contributed by atoms with Crippen LogP contribution in [-0.4, -0.2) is 20.9 Å². The third-order valence-electron chi connectivity index (χ3n) is 2.00. The molecule has 0 unspecified atom stereocenters. The van der Waals surface area contributed by atoms with E-state index >= 15 is 0 Å². The van der Waals surface area contributed by atoms with Crippen LogP contribution in [0.2, 0.25) is 10.0 Å². The number of carboxylic acid groups (broad SMARTS) is 1. The molecular weight excluding hydrogens is 251 g/mol.